The Kier molecular flexibility index (Phi) is 5.88. The van der Waals surface area contributed by atoms with Crippen LogP contribution < -0.4 is 15.4 Å². The topological polar surface area (TPSA) is 59.1 Å². The van der Waals surface area contributed by atoms with Gasteiger partial charge in [-0.1, -0.05) is 17.7 Å². The Balaban J connectivity index is 1.61. The molecule has 3 rings (SSSR count). The lowest BCUT2D eigenvalue weighted by Gasteiger charge is -2.14. The minimum atomic E-state index is 0.748. The van der Waals surface area contributed by atoms with Crippen molar-refractivity contribution in [3.8, 4) is 5.75 Å². The molecule has 0 saturated carbocycles. The molecule has 0 spiro atoms. The molecule has 1 aliphatic rings. The summed E-state index contributed by atoms with van der Waals surface area (Å²) in [4.78, 5) is 8.62. The van der Waals surface area contributed by atoms with Crippen molar-refractivity contribution in [3.05, 3.63) is 47.8 Å². The molecule has 0 amide bonds. The van der Waals surface area contributed by atoms with Crippen LogP contribution >= 0.6 is 0 Å². The lowest BCUT2D eigenvalue weighted by atomic mass is 9.97. The summed E-state index contributed by atoms with van der Waals surface area (Å²) in [5.74, 6) is 2.38. The fraction of sp³-hybridized carbons (Fsp3) is 0.400. The van der Waals surface area contributed by atoms with Gasteiger partial charge in [-0.2, -0.15) is 0 Å². The number of hydrogen-bond acceptors (Lipinski definition) is 5. The Hall–Kier alpha value is -2.56. The molecule has 1 aromatic carbocycles. The van der Waals surface area contributed by atoms with Gasteiger partial charge in [0.2, 0.25) is 0 Å². The highest BCUT2D eigenvalue weighted by atomic mass is 16.5. The fourth-order valence-corrected chi connectivity index (χ4v) is 3.06. The molecule has 0 atom stereocenters. The van der Waals surface area contributed by atoms with Gasteiger partial charge in [-0.25, -0.2) is 9.97 Å². The Labute approximate surface area is 149 Å². The molecule has 1 heterocycles. The van der Waals surface area contributed by atoms with Crippen LogP contribution in [0.4, 0.5) is 17.3 Å². The first-order valence-electron chi connectivity index (χ1n) is 8.90. The van der Waals surface area contributed by atoms with Crippen LogP contribution in [0.5, 0.6) is 5.75 Å². The highest BCUT2D eigenvalue weighted by Crippen LogP contribution is 2.28. The van der Waals surface area contributed by atoms with Gasteiger partial charge in [0, 0.05) is 12.6 Å². The Bertz CT molecular complexity index is 742. The number of hydrogen-bond donors (Lipinski definition) is 2. The molecule has 5 nitrogen and oxygen atoms in total. The van der Waals surface area contributed by atoms with E-state index >= 15 is 0 Å². The average molecular weight is 338 g/mol. The van der Waals surface area contributed by atoms with Gasteiger partial charge < -0.3 is 15.4 Å². The summed E-state index contributed by atoms with van der Waals surface area (Å²) < 4.78 is 5.41. The lowest BCUT2D eigenvalue weighted by molar-refractivity contribution is 0.416. The van der Waals surface area contributed by atoms with E-state index < -0.39 is 0 Å². The van der Waals surface area contributed by atoms with Crippen molar-refractivity contribution in [1.82, 2.24) is 9.97 Å². The van der Waals surface area contributed by atoms with Crippen molar-refractivity contribution in [2.24, 2.45) is 0 Å². The highest BCUT2D eigenvalue weighted by molar-refractivity contribution is 5.66. The summed E-state index contributed by atoms with van der Waals surface area (Å²) in [6, 6.07) is 7.95. The van der Waals surface area contributed by atoms with Gasteiger partial charge >= 0.3 is 0 Å². The molecule has 1 aliphatic carbocycles. The molecule has 0 unspecified atom stereocenters. The van der Waals surface area contributed by atoms with Crippen molar-refractivity contribution in [2.75, 3.05) is 24.3 Å². The van der Waals surface area contributed by atoms with Gasteiger partial charge in [0.25, 0.3) is 0 Å². The number of benzene rings is 1. The van der Waals surface area contributed by atoms with Gasteiger partial charge in [0.15, 0.2) is 0 Å². The Morgan fingerprint density at radius 2 is 2.00 bits per heavy atom. The van der Waals surface area contributed by atoms with E-state index in [9.17, 15) is 0 Å². The summed E-state index contributed by atoms with van der Waals surface area (Å²) in [5.41, 5.74) is 3.63. The largest absolute Gasteiger partial charge is 0.495 e. The molecule has 0 aliphatic heterocycles. The monoisotopic (exact) mass is 338 g/mol. The van der Waals surface area contributed by atoms with Crippen LogP contribution in [0.15, 0.2) is 42.2 Å². The zero-order valence-electron chi connectivity index (χ0n) is 15.0. The van der Waals surface area contributed by atoms with E-state index in [0.29, 0.717) is 0 Å². The standard InChI is InChI=1S/C20H26N4O/c1-15-8-9-18(25-2)17(12-15)24-20-13-19(22-14-23-20)21-11-10-16-6-4-3-5-7-16/h6,8-9,12-14H,3-5,7,10-11H2,1-2H3,(H2,21,22,23,24). The second-order valence-corrected chi connectivity index (χ2v) is 6.40. The van der Waals surface area contributed by atoms with Crippen molar-refractivity contribution in [2.45, 2.75) is 39.0 Å². The molecular weight excluding hydrogens is 312 g/mol. The number of aromatic nitrogens is 2. The predicted molar refractivity (Wildman–Crippen MR) is 103 cm³/mol. The lowest BCUT2D eigenvalue weighted by Crippen LogP contribution is -2.06. The molecule has 2 N–H and O–H groups in total. The molecule has 1 aromatic heterocycles. The fourth-order valence-electron chi connectivity index (χ4n) is 3.06. The quantitative estimate of drug-likeness (QED) is 0.707. The number of ether oxygens (including phenoxy) is 1. The summed E-state index contributed by atoms with van der Waals surface area (Å²) in [5, 5.41) is 6.71. The van der Waals surface area contributed by atoms with E-state index in [1.807, 2.05) is 24.3 Å². The van der Waals surface area contributed by atoms with E-state index in [-0.39, 0.29) is 0 Å². The van der Waals surface area contributed by atoms with Crippen LogP contribution in [0.1, 0.15) is 37.7 Å². The van der Waals surface area contributed by atoms with E-state index in [1.54, 1.807) is 19.0 Å². The molecule has 0 fully saturated rings. The van der Waals surface area contributed by atoms with E-state index in [4.69, 9.17) is 4.74 Å². The number of anilines is 3. The first-order valence-corrected chi connectivity index (χ1v) is 8.90. The van der Waals surface area contributed by atoms with Crippen LogP contribution in [-0.2, 0) is 0 Å². The first kappa shape index (κ1) is 17.3. The maximum Gasteiger partial charge on any atom is 0.142 e. The van der Waals surface area contributed by atoms with Gasteiger partial charge in [0.1, 0.15) is 23.7 Å². The van der Waals surface area contributed by atoms with E-state index in [2.05, 4.69) is 33.6 Å². The number of nitrogens with zero attached hydrogens (tertiary/aromatic N) is 2. The molecule has 2 aromatic rings. The van der Waals surface area contributed by atoms with E-state index in [0.717, 1.165) is 41.6 Å². The third-order valence-corrected chi connectivity index (χ3v) is 4.42. The number of rotatable bonds is 7. The van der Waals surface area contributed by atoms with Crippen LogP contribution in [-0.4, -0.2) is 23.6 Å². The van der Waals surface area contributed by atoms with Gasteiger partial charge in [-0.05, 0) is 56.7 Å². The summed E-state index contributed by atoms with van der Waals surface area (Å²) >= 11 is 0. The van der Waals surface area contributed by atoms with Gasteiger partial charge in [-0.15, -0.1) is 0 Å². The normalized spacial score (nSPS) is 13.9. The molecule has 132 valence electrons. The van der Waals surface area contributed by atoms with Gasteiger partial charge in [0.05, 0.1) is 12.8 Å². The molecule has 25 heavy (non-hydrogen) atoms. The van der Waals surface area contributed by atoms with Crippen molar-refractivity contribution in [3.63, 3.8) is 0 Å². The van der Waals surface area contributed by atoms with Crippen molar-refractivity contribution in [1.29, 1.82) is 0 Å². The van der Waals surface area contributed by atoms with Gasteiger partial charge in [-0.3, -0.25) is 0 Å². The van der Waals surface area contributed by atoms with Crippen molar-refractivity contribution >= 4 is 17.3 Å². The summed E-state index contributed by atoms with van der Waals surface area (Å²) in [6.45, 7) is 2.95. The minimum Gasteiger partial charge on any atom is -0.495 e. The molecular formula is C20H26N4O. The Morgan fingerprint density at radius 3 is 2.80 bits per heavy atom. The van der Waals surface area contributed by atoms with Crippen LogP contribution in [0.2, 0.25) is 0 Å². The zero-order valence-corrected chi connectivity index (χ0v) is 15.0. The molecule has 0 bridgehead atoms. The molecule has 5 heteroatoms. The predicted octanol–water partition coefficient (Wildman–Crippen LogP) is 4.84. The number of methoxy groups -OCH3 is 1. The second kappa shape index (κ2) is 8.51. The number of nitrogens with one attached hydrogen (secondary N) is 2. The highest BCUT2D eigenvalue weighted by Gasteiger charge is 2.06. The van der Waals surface area contributed by atoms with E-state index in [1.165, 1.54) is 25.7 Å². The number of aryl methyl sites for hydroxylation is 1. The zero-order chi connectivity index (χ0) is 17.5. The third-order valence-electron chi connectivity index (χ3n) is 4.42. The number of allylic oxidation sites excluding steroid dienone is 1. The second-order valence-electron chi connectivity index (χ2n) is 6.40. The molecule has 0 radical (unpaired) electrons. The first-order chi connectivity index (χ1) is 12.2. The SMILES string of the molecule is COc1ccc(C)cc1Nc1cc(NCCC2=CCCCC2)ncn1. The minimum absolute atomic E-state index is 0.748. The maximum atomic E-state index is 5.41. The maximum absolute atomic E-state index is 5.41. The Morgan fingerprint density at radius 1 is 1.12 bits per heavy atom. The summed E-state index contributed by atoms with van der Waals surface area (Å²) in [7, 11) is 1.67. The van der Waals surface area contributed by atoms with Crippen LogP contribution in [0.25, 0.3) is 0 Å². The van der Waals surface area contributed by atoms with Crippen LogP contribution in [0, 0.1) is 6.92 Å². The van der Waals surface area contributed by atoms with Crippen molar-refractivity contribution < 1.29 is 4.74 Å². The average Bonchev–Trinajstić information content (AvgIpc) is 2.63. The summed E-state index contributed by atoms with van der Waals surface area (Å²) in [6.07, 6.45) is 10.2. The van der Waals surface area contributed by atoms with Crippen LogP contribution in [0.3, 0.4) is 0 Å². The third kappa shape index (κ3) is 4.95. The molecule has 0 saturated heterocycles. The smallest absolute Gasteiger partial charge is 0.142 e.